The molecule has 0 saturated heterocycles. The molecular weight excluding hydrogens is 258 g/mol. The van der Waals surface area contributed by atoms with Crippen LogP contribution in [0.1, 0.15) is 38.2 Å². The van der Waals surface area contributed by atoms with E-state index in [4.69, 9.17) is 4.74 Å². The Labute approximate surface area is 118 Å². The predicted octanol–water partition coefficient (Wildman–Crippen LogP) is 3.73. The molecule has 1 rings (SSSR count). The molecule has 5 heteroatoms. The summed E-state index contributed by atoms with van der Waals surface area (Å²) in [5, 5.41) is 10.6. The van der Waals surface area contributed by atoms with Gasteiger partial charge in [0.15, 0.2) is 0 Å². The lowest BCUT2D eigenvalue weighted by Crippen LogP contribution is -2.04. The molecule has 0 amide bonds. The number of carbonyl (C=O) groups is 1. The predicted molar refractivity (Wildman–Crippen MR) is 77.2 cm³/mol. The number of esters is 1. The fraction of sp³-hybridized carbons (Fsp3) is 0.400. The molecule has 108 valence electrons. The van der Waals surface area contributed by atoms with Gasteiger partial charge in [-0.05, 0) is 36.6 Å². The standard InChI is InChI=1S/C15H19NO4/c1-3-4-5-6-13(15(17)20-2)11-12-7-9-14(10-8-12)16(18)19/h7-11H,3-6H2,1-2H3/b13-11+. The van der Waals surface area contributed by atoms with Crippen molar-refractivity contribution in [2.24, 2.45) is 0 Å². The van der Waals surface area contributed by atoms with Crippen molar-refractivity contribution in [1.82, 2.24) is 0 Å². The van der Waals surface area contributed by atoms with Crippen molar-refractivity contribution in [3.8, 4) is 0 Å². The highest BCUT2D eigenvalue weighted by atomic mass is 16.6. The lowest BCUT2D eigenvalue weighted by Gasteiger charge is -2.05. The lowest BCUT2D eigenvalue weighted by atomic mass is 10.0. The van der Waals surface area contributed by atoms with Gasteiger partial charge in [0, 0.05) is 17.7 Å². The Bertz CT molecular complexity index is 491. The van der Waals surface area contributed by atoms with Gasteiger partial charge in [0.2, 0.25) is 0 Å². The van der Waals surface area contributed by atoms with E-state index in [2.05, 4.69) is 6.92 Å². The Kier molecular flexibility index (Phi) is 6.43. The maximum absolute atomic E-state index is 11.7. The topological polar surface area (TPSA) is 69.4 Å². The van der Waals surface area contributed by atoms with Crippen molar-refractivity contribution in [1.29, 1.82) is 0 Å². The van der Waals surface area contributed by atoms with E-state index < -0.39 is 4.92 Å². The summed E-state index contributed by atoms with van der Waals surface area (Å²) >= 11 is 0. The number of methoxy groups -OCH3 is 1. The molecule has 0 unspecified atom stereocenters. The minimum absolute atomic E-state index is 0.0350. The first-order chi connectivity index (χ1) is 9.58. The molecule has 0 bridgehead atoms. The van der Waals surface area contributed by atoms with Crippen molar-refractivity contribution in [2.75, 3.05) is 7.11 Å². The second-order valence-electron chi connectivity index (χ2n) is 4.47. The van der Waals surface area contributed by atoms with Crippen LogP contribution in [0.25, 0.3) is 6.08 Å². The molecule has 0 aliphatic rings. The number of carbonyl (C=O) groups excluding carboxylic acids is 1. The molecule has 0 atom stereocenters. The molecule has 1 aromatic carbocycles. The summed E-state index contributed by atoms with van der Waals surface area (Å²) in [5.41, 5.74) is 1.38. The number of unbranched alkanes of at least 4 members (excludes halogenated alkanes) is 2. The molecule has 0 aromatic heterocycles. The Morgan fingerprint density at radius 1 is 1.30 bits per heavy atom. The molecule has 0 radical (unpaired) electrons. The summed E-state index contributed by atoms with van der Waals surface area (Å²) in [6, 6.07) is 6.10. The van der Waals surface area contributed by atoms with Gasteiger partial charge in [0.25, 0.3) is 5.69 Å². The summed E-state index contributed by atoms with van der Waals surface area (Å²) in [6.07, 6.45) is 5.42. The maximum atomic E-state index is 11.7. The highest BCUT2D eigenvalue weighted by Crippen LogP contribution is 2.18. The minimum Gasteiger partial charge on any atom is -0.466 e. The van der Waals surface area contributed by atoms with Gasteiger partial charge in [-0.3, -0.25) is 10.1 Å². The van der Waals surface area contributed by atoms with Gasteiger partial charge in [-0.1, -0.05) is 19.8 Å². The van der Waals surface area contributed by atoms with E-state index in [1.165, 1.54) is 19.2 Å². The van der Waals surface area contributed by atoms with E-state index >= 15 is 0 Å². The van der Waals surface area contributed by atoms with Crippen LogP contribution in [0.5, 0.6) is 0 Å². The summed E-state index contributed by atoms with van der Waals surface area (Å²) < 4.78 is 4.76. The summed E-state index contributed by atoms with van der Waals surface area (Å²) in [5.74, 6) is -0.348. The van der Waals surface area contributed by atoms with E-state index in [1.54, 1.807) is 18.2 Å². The number of nitro benzene ring substituents is 1. The zero-order valence-corrected chi connectivity index (χ0v) is 11.8. The van der Waals surface area contributed by atoms with Crippen LogP contribution in [-0.4, -0.2) is 18.0 Å². The molecule has 20 heavy (non-hydrogen) atoms. The molecule has 0 fully saturated rings. The quantitative estimate of drug-likeness (QED) is 0.250. The molecule has 0 saturated carbocycles. The largest absolute Gasteiger partial charge is 0.466 e. The molecule has 1 aromatic rings. The third-order valence-corrected chi connectivity index (χ3v) is 2.94. The summed E-state index contributed by atoms with van der Waals surface area (Å²) in [6.45, 7) is 2.10. The molecule has 5 nitrogen and oxygen atoms in total. The first-order valence-electron chi connectivity index (χ1n) is 6.61. The van der Waals surface area contributed by atoms with Crippen molar-refractivity contribution < 1.29 is 14.5 Å². The van der Waals surface area contributed by atoms with Crippen LogP contribution in [-0.2, 0) is 9.53 Å². The Morgan fingerprint density at radius 3 is 2.45 bits per heavy atom. The van der Waals surface area contributed by atoms with Crippen molar-refractivity contribution in [3.63, 3.8) is 0 Å². The van der Waals surface area contributed by atoms with Gasteiger partial charge in [0.1, 0.15) is 0 Å². The van der Waals surface area contributed by atoms with Crippen LogP contribution in [0.2, 0.25) is 0 Å². The third-order valence-electron chi connectivity index (χ3n) is 2.94. The smallest absolute Gasteiger partial charge is 0.333 e. The third kappa shape index (κ3) is 4.84. The number of ether oxygens (including phenoxy) is 1. The molecule has 0 spiro atoms. The first-order valence-corrected chi connectivity index (χ1v) is 6.61. The van der Waals surface area contributed by atoms with Gasteiger partial charge >= 0.3 is 5.97 Å². The lowest BCUT2D eigenvalue weighted by molar-refractivity contribution is -0.384. The van der Waals surface area contributed by atoms with E-state index in [0.717, 1.165) is 24.8 Å². The van der Waals surface area contributed by atoms with E-state index in [0.29, 0.717) is 12.0 Å². The second-order valence-corrected chi connectivity index (χ2v) is 4.47. The number of benzene rings is 1. The Hall–Kier alpha value is -2.17. The number of nitro groups is 1. The van der Waals surface area contributed by atoms with Crippen LogP contribution < -0.4 is 0 Å². The van der Waals surface area contributed by atoms with Crippen LogP contribution in [0, 0.1) is 10.1 Å². The van der Waals surface area contributed by atoms with Crippen LogP contribution >= 0.6 is 0 Å². The van der Waals surface area contributed by atoms with E-state index in [9.17, 15) is 14.9 Å². The van der Waals surface area contributed by atoms with Crippen molar-refractivity contribution in [2.45, 2.75) is 32.6 Å². The number of non-ortho nitro benzene ring substituents is 1. The van der Waals surface area contributed by atoms with Gasteiger partial charge in [-0.2, -0.15) is 0 Å². The Morgan fingerprint density at radius 2 is 1.95 bits per heavy atom. The van der Waals surface area contributed by atoms with E-state index in [-0.39, 0.29) is 11.7 Å². The summed E-state index contributed by atoms with van der Waals surface area (Å²) in [7, 11) is 1.35. The Balaban J connectivity index is 2.88. The van der Waals surface area contributed by atoms with Gasteiger partial charge in [-0.15, -0.1) is 0 Å². The number of hydrogen-bond donors (Lipinski definition) is 0. The van der Waals surface area contributed by atoms with Crippen molar-refractivity contribution in [3.05, 3.63) is 45.5 Å². The van der Waals surface area contributed by atoms with Crippen LogP contribution in [0.3, 0.4) is 0 Å². The normalized spacial score (nSPS) is 11.2. The summed E-state index contributed by atoms with van der Waals surface area (Å²) in [4.78, 5) is 21.8. The molecule has 0 aliphatic heterocycles. The second kappa shape index (κ2) is 8.09. The zero-order chi connectivity index (χ0) is 15.0. The highest BCUT2D eigenvalue weighted by molar-refractivity contribution is 5.93. The average Bonchev–Trinajstić information content (AvgIpc) is 2.46. The fourth-order valence-electron chi connectivity index (χ4n) is 1.82. The monoisotopic (exact) mass is 277 g/mol. The molecule has 0 N–H and O–H groups in total. The zero-order valence-electron chi connectivity index (χ0n) is 11.8. The SMILES string of the molecule is CCCCC/C(=C\c1ccc([N+](=O)[O-])cc1)C(=O)OC. The number of rotatable bonds is 7. The van der Waals surface area contributed by atoms with E-state index in [1.807, 2.05) is 0 Å². The molecule has 0 aliphatic carbocycles. The first kappa shape index (κ1) is 15.9. The van der Waals surface area contributed by atoms with Crippen molar-refractivity contribution >= 4 is 17.7 Å². The molecule has 0 heterocycles. The maximum Gasteiger partial charge on any atom is 0.333 e. The number of hydrogen-bond acceptors (Lipinski definition) is 4. The fourth-order valence-corrected chi connectivity index (χ4v) is 1.82. The molecular formula is C15H19NO4. The van der Waals surface area contributed by atoms with Gasteiger partial charge in [-0.25, -0.2) is 4.79 Å². The average molecular weight is 277 g/mol. The van der Waals surface area contributed by atoms with Crippen LogP contribution in [0.4, 0.5) is 5.69 Å². The van der Waals surface area contributed by atoms with Gasteiger partial charge < -0.3 is 4.74 Å². The minimum atomic E-state index is -0.448. The number of nitrogens with zero attached hydrogens (tertiary/aromatic N) is 1. The van der Waals surface area contributed by atoms with Crippen LogP contribution in [0.15, 0.2) is 29.8 Å². The van der Waals surface area contributed by atoms with Gasteiger partial charge in [0.05, 0.1) is 12.0 Å². The highest BCUT2D eigenvalue weighted by Gasteiger charge is 2.10.